The molecule has 2 aromatic carbocycles. The van der Waals surface area contributed by atoms with Crippen LogP contribution >= 0.6 is 0 Å². The molecule has 3 aromatic rings. The lowest BCUT2D eigenvalue weighted by molar-refractivity contribution is 0.0949. The Labute approximate surface area is 165 Å². The predicted molar refractivity (Wildman–Crippen MR) is 110 cm³/mol. The van der Waals surface area contributed by atoms with Gasteiger partial charge >= 0.3 is 0 Å². The standard InChI is InChI=1S/C22H24N4O2/c1-16(18-6-4-3-5-7-18)25-22-24-15-13-20(26-22)21(27)23-14-12-17-8-10-19(28-2)11-9-17/h3-11,13,15-16H,12,14H2,1-2H3,(H,23,27)(H,24,25,26). The van der Waals surface area contributed by atoms with Crippen molar-refractivity contribution >= 4 is 11.9 Å². The van der Waals surface area contributed by atoms with Crippen LogP contribution in [-0.2, 0) is 6.42 Å². The number of amides is 1. The smallest absolute Gasteiger partial charge is 0.270 e. The van der Waals surface area contributed by atoms with Gasteiger partial charge < -0.3 is 15.4 Å². The zero-order valence-corrected chi connectivity index (χ0v) is 16.1. The Balaban J connectivity index is 1.54. The Morgan fingerprint density at radius 3 is 2.54 bits per heavy atom. The number of rotatable bonds is 8. The zero-order valence-electron chi connectivity index (χ0n) is 16.1. The van der Waals surface area contributed by atoms with E-state index in [4.69, 9.17) is 4.74 Å². The van der Waals surface area contributed by atoms with Crippen LogP contribution in [0.1, 0.15) is 34.6 Å². The highest BCUT2D eigenvalue weighted by Crippen LogP contribution is 2.16. The zero-order chi connectivity index (χ0) is 19.8. The summed E-state index contributed by atoms with van der Waals surface area (Å²) in [5, 5.41) is 6.13. The van der Waals surface area contributed by atoms with Crippen LogP contribution in [0.5, 0.6) is 5.75 Å². The van der Waals surface area contributed by atoms with E-state index in [1.54, 1.807) is 19.4 Å². The molecule has 6 nitrogen and oxygen atoms in total. The molecule has 2 N–H and O–H groups in total. The molecule has 0 radical (unpaired) electrons. The highest BCUT2D eigenvalue weighted by molar-refractivity contribution is 5.92. The van der Waals surface area contributed by atoms with Crippen LogP contribution in [0.15, 0.2) is 66.9 Å². The monoisotopic (exact) mass is 376 g/mol. The van der Waals surface area contributed by atoms with Gasteiger partial charge in [0.15, 0.2) is 0 Å². The summed E-state index contributed by atoms with van der Waals surface area (Å²) in [5.74, 6) is 1.03. The van der Waals surface area contributed by atoms with E-state index in [1.165, 1.54) is 0 Å². The van der Waals surface area contributed by atoms with Crippen molar-refractivity contribution in [1.29, 1.82) is 0 Å². The summed E-state index contributed by atoms with van der Waals surface area (Å²) in [7, 11) is 1.64. The van der Waals surface area contributed by atoms with Crippen LogP contribution in [0.25, 0.3) is 0 Å². The number of aromatic nitrogens is 2. The van der Waals surface area contributed by atoms with E-state index in [1.807, 2.05) is 61.5 Å². The third kappa shape index (κ3) is 5.30. The SMILES string of the molecule is COc1ccc(CCNC(=O)c2ccnc(NC(C)c3ccccc3)n2)cc1. The molecule has 1 atom stereocenters. The average Bonchev–Trinajstić information content (AvgIpc) is 2.75. The van der Waals surface area contributed by atoms with E-state index in [2.05, 4.69) is 20.6 Å². The van der Waals surface area contributed by atoms with Crippen molar-refractivity contribution in [3.05, 3.63) is 83.7 Å². The van der Waals surface area contributed by atoms with Gasteiger partial charge in [0, 0.05) is 12.7 Å². The van der Waals surface area contributed by atoms with Gasteiger partial charge in [-0.2, -0.15) is 0 Å². The van der Waals surface area contributed by atoms with Crippen molar-refractivity contribution in [2.24, 2.45) is 0 Å². The molecule has 1 heterocycles. The lowest BCUT2D eigenvalue weighted by Crippen LogP contribution is -2.27. The fourth-order valence-corrected chi connectivity index (χ4v) is 2.78. The average molecular weight is 376 g/mol. The first-order valence-corrected chi connectivity index (χ1v) is 9.21. The van der Waals surface area contributed by atoms with Crippen LogP contribution in [0.2, 0.25) is 0 Å². The second-order valence-electron chi connectivity index (χ2n) is 6.40. The predicted octanol–water partition coefficient (Wildman–Crippen LogP) is 3.63. The van der Waals surface area contributed by atoms with Crippen molar-refractivity contribution in [1.82, 2.24) is 15.3 Å². The maximum Gasteiger partial charge on any atom is 0.270 e. The molecule has 0 saturated heterocycles. The largest absolute Gasteiger partial charge is 0.497 e. The molecular formula is C22H24N4O2. The summed E-state index contributed by atoms with van der Waals surface area (Å²) in [6.45, 7) is 2.55. The molecule has 0 aliphatic heterocycles. The lowest BCUT2D eigenvalue weighted by Gasteiger charge is -2.14. The molecule has 1 amide bonds. The first kappa shape index (κ1) is 19.4. The fraction of sp³-hybridized carbons (Fsp3) is 0.227. The van der Waals surface area contributed by atoms with Gasteiger partial charge in [0.2, 0.25) is 5.95 Å². The van der Waals surface area contributed by atoms with Gasteiger partial charge in [-0.25, -0.2) is 9.97 Å². The van der Waals surface area contributed by atoms with Crippen molar-refractivity contribution < 1.29 is 9.53 Å². The van der Waals surface area contributed by atoms with Crippen molar-refractivity contribution in [3.8, 4) is 5.75 Å². The Morgan fingerprint density at radius 1 is 1.07 bits per heavy atom. The molecule has 28 heavy (non-hydrogen) atoms. The van der Waals surface area contributed by atoms with Crippen LogP contribution in [-0.4, -0.2) is 29.5 Å². The minimum Gasteiger partial charge on any atom is -0.497 e. The van der Waals surface area contributed by atoms with Crippen LogP contribution in [0.3, 0.4) is 0 Å². The van der Waals surface area contributed by atoms with Crippen LogP contribution in [0, 0.1) is 0 Å². The highest BCUT2D eigenvalue weighted by atomic mass is 16.5. The van der Waals surface area contributed by atoms with Crippen molar-refractivity contribution in [2.45, 2.75) is 19.4 Å². The lowest BCUT2D eigenvalue weighted by atomic mass is 10.1. The minimum absolute atomic E-state index is 0.0367. The fourth-order valence-electron chi connectivity index (χ4n) is 2.78. The number of hydrogen-bond donors (Lipinski definition) is 2. The van der Waals surface area contributed by atoms with Gasteiger partial charge in [-0.3, -0.25) is 4.79 Å². The number of hydrogen-bond acceptors (Lipinski definition) is 5. The Hall–Kier alpha value is -3.41. The summed E-state index contributed by atoms with van der Waals surface area (Å²) in [4.78, 5) is 20.9. The molecule has 144 valence electrons. The summed E-state index contributed by atoms with van der Waals surface area (Å²) in [6.07, 6.45) is 2.32. The van der Waals surface area contributed by atoms with E-state index in [0.29, 0.717) is 18.2 Å². The Morgan fingerprint density at radius 2 is 1.82 bits per heavy atom. The molecule has 0 saturated carbocycles. The van der Waals surface area contributed by atoms with Gasteiger partial charge in [-0.05, 0) is 42.7 Å². The number of methoxy groups -OCH3 is 1. The maximum atomic E-state index is 12.4. The normalized spacial score (nSPS) is 11.5. The summed E-state index contributed by atoms with van der Waals surface area (Å²) < 4.78 is 5.15. The minimum atomic E-state index is -0.216. The van der Waals surface area contributed by atoms with E-state index < -0.39 is 0 Å². The van der Waals surface area contributed by atoms with Crippen molar-refractivity contribution in [3.63, 3.8) is 0 Å². The maximum absolute atomic E-state index is 12.4. The number of nitrogens with one attached hydrogen (secondary N) is 2. The van der Waals surface area contributed by atoms with Gasteiger partial charge in [0.25, 0.3) is 5.91 Å². The number of ether oxygens (including phenoxy) is 1. The second-order valence-corrected chi connectivity index (χ2v) is 6.40. The number of benzene rings is 2. The third-order valence-corrected chi connectivity index (χ3v) is 4.39. The number of carbonyl (C=O) groups excluding carboxylic acids is 1. The first-order chi connectivity index (χ1) is 13.7. The molecule has 0 aliphatic rings. The molecule has 0 spiro atoms. The molecule has 0 fully saturated rings. The Bertz CT molecular complexity index is 898. The number of carbonyl (C=O) groups is 1. The molecule has 3 rings (SSSR count). The Kier molecular flexibility index (Phi) is 6.57. The molecule has 1 aromatic heterocycles. The summed E-state index contributed by atoms with van der Waals surface area (Å²) >= 11 is 0. The number of anilines is 1. The quantitative estimate of drug-likeness (QED) is 0.628. The third-order valence-electron chi connectivity index (χ3n) is 4.39. The van der Waals surface area contributed by atoms with Crippen LogP contribution < -0.4 is 15.4 Å². The summed E-state index contributed by atoms with van der Waals surface area (Å²) in [5.41, 5.74) is 2.59. The van der Waals surface area contributed by atoms with E-state index in [0.717, 1.165) is 23.3 Å². The molecule has 0 bridgehead atoms. The summed E-state index contributed by atoms with van der Waals surface area (Å²) in [6, 6.07) is 19.5. The van der Waals surface area contributed by atoms with E-state index >= 15 is 0 Å². The molecule has 0 aliphatic carbocycles. The first-order valence-electron chi connectivity index (χ1n) is 9.21. The van der Waals surface area contributed by atoms with Gasteiger partial charge in [-0.15, -0.1) is 0 Å². The number of nitrogens with zero attached hydrogens (tertiary/aromatic N) is 2. The van der Waals surface area contributed by atoms with Gasteiger partial charge in [0.1, 0.15) is 11.4 Å². The van der Waals surface area contributed by atoms with E-state index in [-0.39, 0.29) is 11.9 Å². The molecule has 1 unspecified atom stereocenters. The van der Waals surface area contributed by atoms with Crippen LogP contribution in [0.4, 0.5) is 5.95 Å². The van der Waals surface area contributed by atoms with Crippen molar-refractivity contribution in [2.75, 3.05) is 19.0 Å². The van der Waals surface area contributed by atoms with Gasteiger partial charge in [0.05, 0.1) is 13.2 Å². The topological polar surface area (TPSA) is 76.1 Å². The molecular weight excluding hydrogens is 352 g/mol. The van der Waals surface area contributed by atoms with E-state index in [9.17, 15) is 4.79 Å². The highest BCUT2D eigenvalue weighted by Gasteiger charge is 2.11. The second kappa shape index (κ2) is 9.50. The van der Waals surface area contributed by atoms with Gasteiger partial charge in [-0.1, -0.05) is 42.5 Å². The molecule has 6 heteroatoms.